The van der Waals surface area contributed by atoms with Gasteiger partial charge in [-0.3, -0.25) is 4.79 Å². The van der Waals surface area contributed by atoms with Crippen molar-refractivity contribution in [3.8, 4) is 11.5 Å². The summed E-state index contributed by atoms with van der Waals surface area (Å²) in [6.07, 6.45) is 0.792. The molecule has 0 heterocycles. The maximum Gasteiger partial charge on any atom is 0.241 e. The van der Waals surface area contributed by atoms with Crippen LogP contribution in [-0.4, -0.2) is 45.2 Å². The van der Waals surface area contributed by atoms with E-state index >= 15 is 0 Å². The fraction of sp³-hybridized carbons (Fsp3) is 0.364. The summed E-state index contributed by atoms with van der Waals surface area (Å²) < 4.78 is 10.9. The number of carbonyl (C=O) groups excluding carboxylic acids is 1. The molecule has 0 spiro atoms. The number of guanidine groups is 1. The number of ether oxygens (including phenoxy) is 2. The summed E-state index contributed by atoms with van der Waals surface area (Å²) in [7, 11) is 1.60. The third-order valence-corrected chi connectivity index (χ3v) is 4.03. The monoisotopic (exact) mass is 526 g/mol. The molecule has 0 bridgehead atoms. The summed E-state index contributed by atoms with van der Waals surface area (Å²) in [6.45, 7) is 5.75. The molecule has 7 nitrogen and oxygen atoms in total. The number of hydrogen-bond donors (Lipinski definition) is 3. The summed E-state index contributed by atoms with van der Waals surface area (Å²) >= 11 is 0. The molecule has 0 aliphatic heterocycles. The minimum atomic E-state index is -0.123. The second-order valence-electron chi connectivity index (χ2n) is 6.20. The van der Waals surface area contributed by atoms with Crippen LogP contribution in [0.2, 0.25) is 0 Å². The SMILES string of the molecule is CCNC(=NCC(=O)NCCc1ccccc1)Nc1ccc(OCC)c(OC)c1.I. The van der Waals surface area contributed by atoms with Crippen molar-refractivity contribution in [2.45, 2.75) is 20.3 Å². The van der Waals surface area contributed by atoms with E-state index in [4.69, 9.17) is 9.47 Å². The third-order valence-electron chi connectivity index (χ3n) is 4.03. The number of benzene rings is 2. The molecule has 164 valence electrons. The number of rotatable bonds is 10. The Hall–Kier alpha value is -2.49. The average Bonchev–Trinajstić information content (AvgIpc) is 2.74. The zero-order chi connectivity index (χ0) is 20.9. The highest BCUT2D eigenvalue weighted by atomic mass is 127. The van der Waals surface area contributed by atoms with E-state index in [1.165, 1.54) is 5.56 Å². The zero-order valence-electron chi connectivity index (χ0n) is 17.7. The van der Waals surface area contributed by atoms with Crippen LogP contribution in [0.4, 0.5) is 5.69 Å². The van der Waals surface area contributed by atoms with E-state index in [0.29, 0.717) is 37.2 Å². The van der Waals surface area contributed by atoms with Crippen molar-refractivity contribution in [1.29, 1.82) is 0 Å². The van der Waals surface area contributed by atoms with Gasteiger partial charge in [-0.1, -0.05) is 30.3 Å². The number of hydrogen-bond acceptors (Lipinski definition) is 4. The smallest absolute Gasteiger partial charge is 0.241 e. The molecule has 0 unspecified atom stereocenters. The van der Waals surface area contributed by atoms with Crippen molar-refractivity contribution >= 4 is 41.5 Å². The second kappa shape index (κ2) is 14.5. The van der Waals surface area contributed by atoms with E-state index in [1.807, 2.05) is 62.4 Å². The van der Waals surface area contributed by atoms with Crippen LogP contribution >= 0.6 is 24.0 Å². The van der Waals surface area contributed by atoms with E-state index in [9.17, 15) is 4.79 Å². The van der Waals surface area contributed by atoms with Gasteiger partial charge < -0.3 is 25.4 Å². The highest BCUT2D eigenvalue weighted by Gasteiger charge is 2.07. The highest BCUT2D eigenvalue weighted by Crippen LogP contribution is 2.30. The van der Waals surface area contributed by atoms with Gasteiger partial charge in [-0.05, 0) is 38.0 Å². The first kappa shape index (κ1) is 25.5. The molecule has 3 N–H and O–H groups in total. The van der Waals surface area contributed by atoms with E-state index < -0.39 is 0 Å². The van der Waals surface area contributed by atoms with Crippen LogP contribution in [-0.2, 0) is 11.2 Å². The van der Waals surface area contributed by atoms with Crippen LogP contribution in [0.3, 0.4) is 0 Å². The van der Waals surface area contributed by atoms with Crippen LogP contribution < -0.4 is 25.4 Å². The maximum absolute atomic E-state index is 12.1. The molecule has 0 radical (unpaired) electrons. The standard InChI is InChI=1S/C22H30N4O3.HI/c1-4-23-22(26-18-11-12-19(29-5-2)20(15-18)28-3)25-16-21(27)24-14-13-17-9-7-6-8-10-17;/h6-12,15H,4-5,13-14,16H2,1-3H3,(H,24,27)(H2,23,25,26);1H. The zero-order valence-corrected chi connectivity index (χ0v) is 20.1. The van der Waals surface area contributed by atoms with E-state index in [1.54, 1.807) is 7.11 Å². The Morgan fingerprint density at radius 2 is 1.80 bits per heavy atom. The molecule has 1 amide bonds. The van der Waals surface area contributed by atoms with Crippen molar-refractivity contribution in [1.82, 2.24) is 10.6 Å². The van der Waals surface area contributed by atoms with Crippen LogP contribution in [0.1, 0.15) is 19.4 Å². The van der Waals surface area contributed by atoms with Crippen molar-refractivity contribution in [2.24, 2.45) is 4.99 Å². The fourth-order valence-corrected chi connectivity index (χ4v) is 2.66. The van der Waals surface area contributed by atoms with Gasteiger partial charge in [0.2, 0.25) is 5.91 Å². The van der Waals surface area contributed by atoms with Crippen molar-refractivity contribution in [2.75, 3.05) is 38.7 Å². The number of amides is 1. The lowest BCUT2D eigenvalue weighted by Gasteiger charge is -2.14. The Bertz CT molecular complexity index is 800. The number of aliphatic imine (C=N–C) groups is 1. The Kier molecular flexibility index (Phi) is 12.3. The summed E-state index contributed by atoms with van der Waals surface area (Å²) in [6, 6.07) is 15.6. The predicted octanol–water partition coefficient (Wildman–Crippen LogP) is 3.45. The lowest BCUT2D eigenvalue weighted by atomic mass is 10.1. The lowest BCUT2D eigenvalue weighted by Crippen LogP contribution is -2.33. The molecular weight excluding hydrogens is 495 g/mol. The van der Waals surface area contributed by atoms with Gasteiger partial charge in [-0.25, -0.2) is 4.99 Å². The number of methoxy groups -OCH3 is 1. The molecule has 2 rings (SSSR count). The molecule has 0 atom stereocenters. The van der Waals surface area contributed by atoms with Gasteiger partial charge in [0.05, 0.1) is 13.7 Å². The maximum atomic E-state index is 12.1. The largest absolute Gasteiger partial charge is 0.493 e. The van der Waals surface area contributed by atoms with E-state index in [2.05, 4.69) is 20.9 Å². The van der Waals surface area contributed by atoms with Gasteiger partial charge in [0.15, 0.2) is 17.5 Å². The Balaban J connectivity index is 0.00000450. The molecule has 0 fully saturated rings. The molecule has 2 aromatic carbocycles. The molecule has 0 aliphatic carbocycles. The van der Waals surface area contributed by atoms with Gasteiger partial charge >= 0.3 is 0 Å². The van der Waals surface area contributed by atoms with Gasteiger partial charge in [0.25, 0.3) is 0 Å². The lowest BCUT2D eigenvalue weighted by molar-refractivity contribution is -0.119. The van der Waals surface area contributed by atoms with Gasteiger partial charge in [0.1, 0.15) is 6.54 Å². The predicted molar refractivity (Wildman–Crippen MR) is 132 cm³/mol. The first-order valence-electron chi connectivity index (χ1n) is 9.83. The first-order chi connectivity index (χ1) is 14.2. The number of anilines is 1. The Morgan fingerprint density at radius 3 is 2.47 bits per heavy atom. The second-order valence-corrected chi connectivity index (χ2v) is 6.20. The first-order valence-corrected chi connectivity index (χ1v) is 9.83. The Labute approximate surface area is 195 Å². The summed E-state index contributed by atoms with van der Waals surface area (Å²) in [5.41, 5.74) is 1.98. The summed E-state index contributed by atoms with van der Waals surface area (Å²) in [4.78, 5) is 16.5. The molecule has 0 saturated heterocycles. The van der Waals surface area contributed by atoms with E-state index in [0.717, 1.165) is 12.1 Å². The van der Waals surface area contributed by atoms with Crippen LogP contribution in [0.25, 0.3) is 0 Å². The van der Waals surface area contributed by atoms with Crippen molar-refractivity contribution in [3.63, 3.8) is 0 Å². The van der Waals surface area contributed by atoms with E-state index in [-0.39, 0.29) is 36.4 Å². The van der Waals surface area contributed by atoms with Crippen LogP contribution in [0, 0.1) is 0 Å². The van der Waals surface area contributed by atoms with Gasteiger partial charge in [-0.2, -0.15) is 0 Å². The number of nitrogens with zero attached hydrogens (tertiary/aromatic N) is 1. The summed E-state index contributed by atoms with van der Waals surface area (Å²) in [5, 5.41) is 9.21. The molecule has 2 aromatic rings. The van der Waals surface area contributed by atoms with Gasteiger partial charge in [0, 0.05) is 24.8 Å². The number of halogens is 1. The number of nitrogens with one attached hydrogen (secondary N) is 3. The average molecular weight is 526 g/mol. The highest BCUT2D eigenvalue weighted by molar-refractivity contribution is 14.0. The van der Waals surface area contributed by atoms with Crippen LogP contribution in [0.5, 0.6) is 11.5 Å². The normalized spacial score (nSPS) is 10.6. The minimum Gasteiger partial charge on any atom is -0.493 e. The third kappa shape index (κ3) is 8.89. The quantitative estimate of drug-likeness (QED) is 0.251. The molecule has 8 heteroatoms. The number of carbonyl (C=O) groups is 1. The minimum absolute atomic E-state index is 0. The summed E-state index contributed by atoms with van der Waals surface area (Å²) in [5.74, 6) is 1.71. The van der Waals surface area contributed by atoms with Crippen molar-refractivity contribution in [3.05, 3.63) is 54.1 Å². The van der Waals surface area contributed by atoms with Crippen molar-refractivity contribution < 1.29 is 14.3 Å². The molecule has 0 aliphatic rings. The fourth-order valence-electron chi connectivity index (χ4n) is 2.66. The molecule has 0 aromatic heterocycles. The topological polar surface area (TPSA) is 84.0 Å². The van der Waals surface area contributed by atoms with Crippen LogP contribution in [0.15, 0.2) is 53.5 Å². The molecular formula is C22H31IN4O3. The molecule has 30 heavy (non-hydrogen) atoms. The molecule has 0 saturated carbocycles. The Morgan fingerprint density at radius 1 is 1.03 bits per heavy atom. The van der Waals surface area contributed by atoms with Gasteiger partial charge in [-0.15, -0.1) is 24.0 Å².